The van der Waals surface area contributed by atoms with Crippen LogP contribution in [-0.2, 0) is 4.79 Å². The highest BCUT2D eigenvalue weighted by molar-refractivity contribution is 5.85. The molecule has 0 saturated heterocycles. The second kappa shape index (κ2) is 4.96. The van der Waals surface area contributed by atoms with Gasteiger partial charge in [-0.25, -0.2) is 0 Å². The molecule has 6 atom stereocenters. The third-order valence-corrected chi connectivity index (χ3v) is 6.07. The van der Waals surface area contributed by atoms with E-state index in [2.05, 4.69) is 6.92 Å². The molecule has 0 radical (unpaired) electrons. The summed E-state index contributed by atoms with van der Waals surface area (Å²) in [7, 11) is 0. The van der Waals surface area contributed by atoms with Crippen LogP contribution >= 0.6 is 0 Å². The number of fused-ring (bicyclic) bond motifs is 2. The molecule has 2 nitrogen and oxygen atoms in total. The van der Waals surface area contributed by atoms with Crippen LogP contribution in [0.25, 0.3) is 0 Å². The summed E-state index contributed by atoms with van der Waals surface area (Å²) < 4.78 is 0. The first-order chi connectivity index (χ1) is 8.70. The van der Waals surface area contributed by atoms with Gasteiger partial charge >= 0.3 is 0 Å². The normalized spacial score (nSPS) is 47.4. The van der Waals surface area contributed by atoms with Crippen molar-refractivity contribution in [2.75, 3.05) is 0 Å². The standard InChI is InChI=1S/C16H27NO/c1-2-10-4-3-5-13(8-10)16(18)14-11-6-7-12(9-11)15(14)17/h10-15H,2-9,17H2,1H3. The van der Waals surface area contributed by atoms with E-state index in [1.807, 2.05) is 0 Å². The molecule has 3 saturated carbocycles. The summed E-state index contributed by atoms with van der Waals surface area (Å²) in [6.45, 7) is 2.26. The SMILES string of the molecule is CCC1CCCC(C(=O)C2C3CCC(C3)C2N)C1. The molecule has 3 rings (SSSR count). The molecule has 2 heteroatoms. The van der Waals surface area contributed by atoms with Crippen LogP contribution in [0.4, 0.5) is 0 Å². The quantitative estimate of drug-likeness (QED) is 0.835. The molecular formula is C16H27NO. The lowest BCUT2D eigenvalue weighted by atomic mass is 9.71. The number of ketones is 1. The zero-order valence-electron chi connectivity index (χ0n) is 11.6. The highest BCUT2D eigenvalue weighted by Crippen LogP contribution is 2.49. The summed E-state index contributed by atoms with van der Waals surface area (Å²) in [5, 5.41) is 0. The van der Waals surface area contributed by atoms with Crippen molar-refractivity contribution in [3.8, 4) is 0 Å². The second-order valence-electron chi connectivity index (χ2n) is 6.98. The summed E-state index contributed by atoms with van der Waals surface area (Å²) in [5.74, 6) is 3.22. The fraction of sp³-hybridized carbons (Fsp3) is 0.938. The molecule has 0 heterocycles. The number of Topliss-reactive ketones (excluding diaryl/α,β-unsaturated/α-hetero) is 1. The summed E-state index contributed by atoms with van der Waals surface area (Å²) in [4.78, 5) is 12.8. The van der Waals surface area contributed by atoms with E-state index in [4.69, 9.17) is 5.73 Å². The predicted molar refractivity (Wildman–Crippen MR) is 73.0 cm³/mol. The van der Waals surface area contributed by atoms with Crippen molar-refractivity contribution in [2.45, 2.75) is 64.3 Å². The van der Waals surface area contributed by atoms with Gasteiger partial charge in [-0.15, -0.1) is 0 Å². The first-order valence-corrected chi connectivity index (χ1v) is 8.00. The first kappa shape index (κ1) is 12.7. The average molecular weight is 249 g/mol. The van der Waals surface area contributed by atoms with Gasteiger partial charge in [0, 0.05) is 17.9 Å². The minimum absolute atomic E-state index is 0.193. The van der Waals surface area contributed by atoms with Gasteiger partial charge in [0.15, 0.2) is 0 Å². The average Bonchev–Trinajstić information content (AvgIpc) is 2.99. The lowest BCUT2D eigenvalue weighted by molar-refractivity contribution is -0.130. The maximum atomic E-state index is 12.8. The summed E-state index contributed by atoms with van der Waals surface area (Å²) >= 11 is 0. The number of hydrogen-bond acceptors (Lipinski definition) is 2. The maximum Gasteiger partial charge on any atom is 0.140 e. The minimum Gasteiger partial charge on any atom is -0.327 e. The summed E-state index contributed by atoms with van der Waals surface area (Å²) in [6.07, 6.45) is 9.89. The molecule has 102 valence electrons. The molecule has 0 aliphatic heterocycles. The monoisotopic (exact) mass is 249 g/mol. The number of hydrogen-bond donors (Lipinski definition) is 1. The van der Waals surface area contributed by atoms with Crippen LogP contribution in [0.15, 0.2) is 0 Å². The summed E-state index contributed by atoms with van der Waals surface area (Å²) in [6, 6.07) is 0.193. The molecule has 0 aromatic rings. The third kappa shape index (κ3) is 2.03. The van der Waals surface area contributed by atoms with Crippen molar-refractivity contribution in [3.05, 3.63) is 0 Å². The molecular weight excluding hydrogens is 222 g/mol. The van der Waals surface area contributed by atoms with Gasteiger partial charge in [-0.2, -0.15) is 0 Å². The molecule has 0 aromatic carbocycles. The van der Waals surface area contributed by atoms with Crippen molar-refractivity contribution >= 4 is 5.78 Å². The Morgan fingerprint density at radius 2 is 1.89 bits per heavy atom. The largest absolute Gasteiger partial charge is 0.327 e. The van der Waals surface area contributed by atoms with E-state index in [-0.39, 0.29) is 12.0 Å². The molecule has 2 N–H and O–H groups in total. The molecule has 3 aliphatic rings. The minimum atomic E-state index is 0.193. The molecule has 0 spiro atoms. The number of rotatable bonds is 3. The van der Waals surface area contributed by atoms with Crippen molar-refractivity contribution in [1.29, 1.82) is 0 Å². The number of nitrogens with two attached hydrogens (primary N) is 1. The Morgan fingerprint density at radius 1 is 1.11 bits per heavy atom. The molecule has 3 aliphatic carbocycles. The first-order valence-electron chi connectivity index (χ1n) is 8.00. The lowest BCUT2D eigenvalue weighted by Gasteiger charge is -2.33. The molecule has 6 unspecified atom stereocenters. The van der Waals surface area contributed by atoms with Crippen molar-refractivity contribution in [1.82, 2.24) is 0 Å². The van der Waals surface area contributed by atoms with Crippen LogP contribution in [0.1, 0.15) is 58.3 Å². The van der Waals surface area contributed by atoms with Crippen LogP contribution in [0.2, 0.25) is 0 Å². The van der Waals surface area contributed by atoms with E-state index >= 15 is 0 Å². The molecule has 0 aromatic heterocycles. The fourth-order valence-electron chi connectivity index (χ4n) is 4.95. The van der Waals surface area contributed by atoms with Crippen LogP contribution < -0.4 is 5.73 Å². The van der Waals surface area contributed by atoms with Crippen molar-refractivity contribution in [2.24, 2.45) is 35.3 Å². The van der Waals surface area contributed by atoms with Crippen molar-refractivity contribution in [3.63, 3.8) is 0 Å². The molecule has 0 amide bonds. The Kier molecular flexibility index (Phi) is 3.48. The van der Waals surface area contributed by atoms with Gasteiger partial charge in [0.1, 0.15) is 5.78 Å². The third-order valence-electron chi connectivity index (χ3n) is 6.07. The smallest absolute Gasteiger partial charge is 0.140 e. The van der Waals surface area contributed by atoms with E-state index in [1.165, 1.54) is 38.5 Å². The Balaban J connectivity index is 1.67. The number of carbonyl (C=O) groups excluding carboxylic acids is 1. The van der Waals surface area contributed by atoms with Crippen molar-refractivity contribution < 1.29 is 4.79 Å². The van der Waals surface area contributed by atoms with Gasteiger partial charge in [-0.05, 0) is 49.9 Å². The van der Waals surface area contributed by atoms with E-state index < -0.39 is 0 Å². The van der Waals surface area contributed by atoms with E-state index in [0.717, 1.165) is 18.8 Å². The topological polar surface area (TPSA) is 43.1 Å². The second-order valence-corrected chi connectivity index (χ2v) is 6.98. The van der Waals surface area contributed by atoms with Gasteiger partial charge in [0.25, 0.3) is 0 Å². The van der Waals surface area contributed by atoms with Crippen LogP contribution in [-0.4, -0.2) is 11.8 Å². The van der Waals surface area contributed by atoms with Gasteiger partial charge in [0.2, 0.25) is 0 Å². The summed E-state index contributed by atoms with van der Waals surface area (Å²) in [5.41, 5.74) is 6.32. The fourth-order valence-corrected chi connectivity index (χ4v) is 4.95. The zero-order chi connectivity index (χ0) is 12.7. The van der Waals surface area contributed by atoms with Gasteiger partial charge in [-0.1, -0.05) is 26.2 Å². The lowest BCUT2D eigenvalue weighted by Crippen LogP contribution is -2.43. The van der Waals surface area contributed by atoms with Crippen LogP contribution in [0.3, 0.4) is 0 Å². The molecule has 3 fully saturated rings. The van der Waals surface area contributed by atoms with Gasteiger partial charge in [0.05, 0.1) is 0 Å². The zero-order valence-corrected chi connectivity index (χ0v) is 11.6. The van der Waals surface area contributed by atoms with Crippen LogP contribution in [0.5, 0.6) is 0 Å². The Hall–Kier alpha value is -0.370. The Bertz CT molecular complexity index is 325. The maximum absolute atomic E-state index is 12.8. The van der Waals surface area contributed by atoms with E-state index in [0.29, 0.717) is 23.5 Å². The molecule has 2 bridgehead atoms. The highest BCUT2D eigenvalue weighted by Gasteiger charge is 2.50. The van der Waals surface area contributed by atoms with Gasteiger partial charge in [-0.3, -0.25) is 4.79 Å². The van der Waals surface area contributed by atoms with Crippen LogP contribution in [0, 0.1) is 29.6 Å². The van der Waals surface area contributed by atoms with Gasteiger partial charge < -0.3 is 5.73 Å². The predicted octanol–water partition coefficient (Wildman–Crippen LogP) is 3.15. The highest BCUT2D eigenvalue weighted by atomic mass is 16.1. The number of carbonyl (C=O) groups is 1. The van der Waals surface area contributed by atoms with E-state index in [9.17, 15) is 4.79 Å². The Labute approximate surface area is 111 Å². The molecule has 18 heavy (non-hydrogen) atoms. The van der Waals surface area contributed by atoms with E-state index in [1.54, 1.807) is 0 Å². The Morgan fingerprint density at radius 3 is 2.56 bits per heavy atom.